The van der Waals surface area contributed by atoms with Crippen LogP contribution in [0.15, 0.2) is 85.6 Å². The van der Waals surface area contributed by atoms with E-state index in [0.29, 0.717) is 21.3 Å². The summed E-state index contributed by atoms with van der Waals surface area (Å²) in [5, 5.41) is 13.3. The summed E-state index contributed by atoms with van der Waals surface area (Å²) in [4.78, 5) is 17.4. The van der Waals surface area contributed by atoms with Crippen molar-refractivity contribution in [2.75, 3.05) is 5.32 Å². The van der Waals surface area contributed by atoms with Crippen LogP contribution < -0.4 is 5.32 Å². The third-order valence-corrected chi connectivity index (χ3v) is 5.71. The first-order valence-corrected chi connectivity index (χ1v) is 10.5. The molecule has 5 rings (SSSR count). The average molecular weight is 460 g/mol. The van der Waals surface area contributed by atoms with Gasteiger partial charge >= 0.3 is 0 Å². The molecule has 0 spiro atoms. The van der Waals surface area contributed by atoms with Gasteiger partial charge in [0.2, 0.25) is 0 Å². The summed E-state index contributed by atoms with van der Waals surface area (Å²) in [6.07, 6.45) is 4.86. The van der Waals surface area contributed by atoms with Crippen LogP contribution in [0.25, 0.3) is 27.7 Å². The van der Waals surface area contributed by atoms with Gasteiger partial charge in [-0.25, -0.2) is 0 Å². The van der Waals surface area contributed by atoms with E-state index in [2.05, 4.69) is 20.5 Å². The summed E-state index contributed by atoms with van der Waals surface area (Å²) in [7, 11) is 0. The largest absolute Gasteiger partial charge is 0.322 e. The first-order valence-electron chi connectivity index (χ1n) is 9.70. The lowest BCUT2D eigenvalue weighted by atomic mass is 10.0. The highest BCUT2D eigenvalue weighted by Gasteiger charge is 2.15. The second-order valence-electron chi connectivity index (χ2n) is 7.06. The van der Waals surface area contributed by atoms with Gasteiger partial charge in [0, 0.05) is 28.5 Å². The Morgan fingerprint density at radius 3 is 2.50 bits per heavy atom. The minimum Gasteiger partial charge on any atom is -0.322 e. The lowest BCUT2D eigenvalue weighted by Crippen LogP contribution is -2.12. The van der Waals surface area contributed by atoms with Crippen molar-refractivity contribution in [1.29, 1.82) is 0 Å². The van der Waals surface area contributed by atoms with Gasteiger partial charge in [-0.3, -0.25) is 14.3 Å². The van der Waals surface area contributed by atoms with E-state index in [0.717, 1.165) is 27.7 Å². The third kappa shape index (κ3) is 3.82. The maximum Gasteiger partial charge on any atom is 0.257 e. The van der Waals surface area contributed by atoms with E-state index in [1.807, 2.05) is 36.4 Å². The predicted octanol–water partition coefficient (Wildman–Crippen LogP) is 6.04. The zero-order valence-corrected chi connectivity index (χ0v) is 18.0. The van der Waals surface area contributed by atoms with E-state index in [9.17, 15) is 4.79 Å². The van der Waals surface area contributed by atoms with Crippen LogP contribution in [0.2, 0.25) is 10.0 Å². The van der Waals surface area contributed by atoms with Crippen LogP contribution in [-0.4, -0.2) is 25.7 Å². The van der Waals surface area contributed by atoms with Gasteiger partial charge in [0.25, 0.3) is 5.91 Å². The Kier molecular flexibility index (Phi) is 5.31. The molecule has 8 heteroatoms. The summed E-state index contributed by atoms with van der Waals surface area (Å²) in [6, 6.07) is 20.3. The molecule has 0 radical (unpaired) electrons. The van der Waals surface area contributed by atoms with Gasteiger partial charge in [-0.2, -0.15) is 0 Å². The molecule has 0 unspecified atom stereocenters. The standard InChI is InChI=1S/C24H15Cl2N5O/c25-21-8-5-16(11-20(21)23-18-4-2-1-3-15(18)9-10-27-23)30-24(32)19-7-6-17(12-22(19)26)31-13-28-29-14-31/h1-14H,(H,30,32). The molecule has 32 heavy (non-hydrogen) atoms. The molecular formula is C24H15Cl2N5O. The normalized spacial score (nSPS) is 10.9. The van der Waals surface area contributed by atoms with Crippen molar-refractivity contribution in [3.05, 3.63) is 101 Å². The predicted molar refractivity (Wildman–Crippen MR) is 127 cm³/mol. The van der Waals surface area contributed by atoms with Crippen LogP contribution in [0.1, 0.15) is 10.4 Å². The van der Waals surface area contributed by atoms with E-state index in [1.54, 1.807) is 53.8 Å². The van der Waals surface area contributed by atoms with Gasteiger partial charge < -0.3 is 5.32 Å². The monoisotopic (exact) mass is 459 g/mol. The number of benzene rings is 3. The fourth-order valence-electron chi connectivity index (χ4n) is 3.50. The Morgan fingerprint density at radius 2 is 1.69 bits per heavy atom. The summed E-state index contributed by atoms with van der Waals surface area (Å²) in [5.74, 6) is -0.329. The molecule has 5 aromatic rings. The van der Waals surface area contributed by atoms with Gasteiger partial charge in [0.05, 0.1) is 21.3 Å². The van der Waals surface area contributed by atoms with E-state index in [-0.39, 0.29) is 5.91 Å². The van der Waals surface area contributed by atoms with Crippen LogP contribution in [-0.2, 0) is 0 Å². The zero-order valence-electron chi connectivity index (χ0n) is 16.5. The molecule has 2 aromatic heterocycles. The second-order valence-corrected chi connectivity index (χ2v) is 7.88. The van der Waals surface area contributed by atoms with Crippen molar-refractivity contribution >= 4 is 45.6 Å². The number of nitrogens with zero attached hydrogens (tertiary/aromatic N) is 4. The fourth-order valence-corrected chi connectivity index (χ4v) is 3.97. The molecule has 0 aliphatic heterocycles. The average Bonchev–Trinajstić information content (AvgIpc) is 3.35. The molecular weight excluding hydrogens is 445 g/mol. The maximum absolute atomic E-state index is 12.9. The number of aromatic nitrogens is 4. The van der Waals surface area contributed by atoms with E-state index >= 15 is 0 Å². The molecule has 3 aromatic carbocycles. The molecule has 0 saturated heterocycles. The van der Waals surface area contributed by atoms with Crippen molar-refractivity contribution < 1.29 is 4.79 Å². The highest BCUT2D eigenvalue weighted by Crippen LogP contribution is 2.34. The Labute approximate surface area is 193 Å². The molecule has 6 nitrogen and oxygen atoms in total. The maximum atomic E-state index is 12.9. The Hall–Kier alpha value is -3.74. The van der Waals surface area contributed by atoms with Crippen LogP contribution >= 0.6 is 23.2 Å². The molecule has 0 fully saturated rings. The quantitative estimate of drug-likeness (QED) is 0.355. The first kappa shape index (κ1) is 20.2. The molecule has 2 heterocycles. The SMILES string of the molecule is O=C(Nc1ccc(Cl)c(-c2nccc3ccccc23)c1)c1ccc(-n2cnnc2)cc1Cl. The molecule has 1 amide bonds. The minimum atomic E-state index is -0.329. The van der Waals surface area contributed by atoms with Gasteiger partial charge in [-0.05, 0) is 47.9 Å². The lowest BCUT2D eigenvalue weighted by Gasteiger charge is -2.12. The lowest BCUT2D eigenvalue weighted by molar-refractivity contribution is 0.102. The number of anilines is 1. The number of pyridine rings is 1. The van der Waals surface area contributed by atoms with Crippen LogP contribution in [0.3, 0.4) is 0 Å². The van der Waals surface area contributed by atoms with Gasteiger partial charge in [0.15, 0.2) is 0 Å². The Morgan fingerprint density at radius 1 is 0.875 bits per heavy atom. The van der Waals surface area contributed by atoms with Gasteiger partial charge in [-0.1, -0.05) is 47.5 Å². The summed E-state index contributed by atoms with van der Waals surface area (Å²) < 4.78 is 1.70. The van der Waals surface area contributed by atoms with Crippen LogP contribution in [0.5, 0.6) is 0 Å². The number of halogens is 2. The number of carbonyl (C=O) groups is 1. The number of fused-ring (bicyclic) bond motifs is 1. The van der Waals surface area contributed by atoms with Gasteiger partial charge in [0.1, 0.15) is 12.7 Å². The number of rotatable bonds is 4. The summed E-state index contributed by atoms with van der Waals surface area (Å²) >= 11 is 12.9. The molecule has 0 bridgehead atoms. The van der Waals surface area contributed by atoms with E-state index < -0.39 is 0 Å². The highest BCUT2D eigenvalue weighted by molar-refractivity contribution is 6.35. The van der Waals surface area contributed by atoms with Crippen molar-refractivity contribution in [2.24, 2.45) is 0 Å². The molecule has 0 aliphatic carbocycles. The van der Waals surface area contributed by atoms with E-state index in [4.69, 9.17) is 23.2 Å². The summed E-state index contributed by atoms with van der Waals surface area (Å²) in [5.41, 5.74) is 3.18. The van der Waals surface area contributed by atoms with Crippen LogP contribution in [0, 0.1) is 0 Å². The molecule has 0 saturated carbocycles. The molecule has 1 N–H and O–H groups in total. The van der Waals surface area contributed by atoms with E-state index in [1.165, 1.54) is 0 Å². The first-order chi connectivity index (χ1) is 15.6. The zero-order chi connectivity index (χ0) is 22.1. The van der Waals surface area contributed by atoms with Crippen molar-refractivity contribution in [1.82, 2.24) is 19.7 Å². The minimum absolute atomic E-state index is 0.318. The second kappa shape index (κ2) is 8.42. The molecule has 0 aliphatic rings. The number of carbonyl (C=O) groups excluding carboxylic acids is 1. The van der Waals surface area contributed by atoms with Crippen molar-refractivity contribution in [3.63, 3.8) is 0 Å². The number of amides is 1. The smallest absolute Gasteiger partial charge is 0.257 e. The van der Waals surface area contributed by atoms with Gasteiger partial charge in [-0.15, -0.1) is 10.2 Å². The molecule has 156 valence electrons. The Bertz CT molecular complexity index is 1450. The third-order valence-electron chi connectivity index (χ3n) is 5.07. The van der Waals surface area contributed by atoms with Crippen LogP contribution in [0.4, 0.5) is 5.69 Å². The fraction of sp³-hybridized carbons (Fsp3) is 0. The Balaban J connectivity index is 1.46. The summed E-state index contributed by atoms with van der Waals surface area (Å²) in [6.45, 7) is 0. The number of hydrogen-bond acceptors (Lipinski definition) is 4. The topological polar surface area (TPSA) is 72.7 Å². The van der Waals surface area contributed by atoms with Crippen molar-refractivity contribution in [2.45, 2.75) is 0 Å². The van der Waals surface area contributed by atoms with Crippen molar-refractivity contribution in [3.8, 4) is 16.9 Å². The highest BCUT2D eigenvalue weighted by atomic mass is 35.5. The molecule has 0 atom stereocenters. The number of nitrogens with one attached hydrogen (secondary N) is 1. The number of hydrogen-bond donors (Lipinski definition) is 1.